The number of hydrogen-bond donors (Lipinski definition) is 4. The van der Waals surface area contributed by atoms with Crippen LogP contribution in [0.15, 0.2) is 18.2 Å². The standard InChI is InChI=1S/C16H25N3O3/c17-16(22)14-8-12(9-18-10-13(21)11-20)4-5-15(14)19-6-2-1-3-7-19/h4-5,8,13,18,20-21H,1-3,6-7,9-11H2,(H2,17,22). The van der Waals surface area contributed by atoms with Crippen molar-refractivity contribution in [1.82, 2.24) is 5.32 Å². The Bertz CT molecular complexity index is 501. The van der Waals surface area contributed by atoms with E-state index in [1.165, 1.54) is 6.42 Å². The van der Waals surface area contributed by atoms with Gasteiger partial charge < -0.3 is 26.2 Å². The van der Waals surface area contributed by atoms with Crippen LogP contribution in [-0.2, 0) is 6.54 Å². The Morgan fingerprint density at radius 1 is 1.32 bits per heavy atom. The average molecular weight is 307 g/mol. The Hall–Kier alpha value is -1.63. The largest absolute Gasteiger partial charge is 0.394 e. The predicted molar refractivity (Wildman–Crippen MR) is 85.8 cm³/mol. The Morgan fingerprint density at radius 2 is 2.05 bits per heavy atom. The molecular weight excluding hydrogens is 282 g/mol. The van der Waals surface area contributed by atoms with E-state index in [-0.39, 0.29) is 6.61 Å². The second-order valence-corrected chi connectivity index (χ2v) is 5.73. The first-order valence-electron chi connectivity index (χ1n) is 7.79. The van der Waals surface area contributed by atoms with Gasteiger partial charge in [0.05, 0.1) is 18.3 Å². The number of aliphatic hydroxyl groups is 2. The zero-order valence-electron chi connectivity index (χ0n) is 12.8. The zero-order valence-corrected chi connectivity index (χ0v) is 12.8. The maximum absolute atomic E-state index is 11.7. The van der Waals surface area contributed by atoms with Gasteiger partial charge in [-0.3, -0.25) is 4.79 Å². The van der Waals surface area contributed by atoms with Gasteiger partial charge in [0.2, 0.25) is 0 Å². The lowest BCUT2D eigenvalue weighted by atomic mass is 10.0. The molecule has 1 heterocycles. The second kappa shape index (κ2) is 8.12. The van der Waals surface area contributed by atoms with Crippen molar-refractivity contribution in [2.75, 3.05) is 31.1 Å². The number of benzene rings is 1. The molecule has 1 fully saturated rings. The number of primary amides is 1. The highest BCUT2D eigenvalue weighted by Crippen LogP contribution is 2.25. The Balaban J connectivity index is 2.07. The number of hydrogen-bond acceptors (Lipinski definition) is 5. The molecule has 1 saturated heterocycles. The molecule has 1 aliphatic rings. The summed E-state index contributed by atoms with van der Waals surface area (Å²) in [7, 11) is 0. The van der Waals surface area contributed by atoms with Crippen LogP contribution in [0.4, 0.5) is 5.69 Å². The fraction of sp³-hybridized carbons (Fsp3) is 0.562. The first-order valence-corrected chi connectivity index (χ1v) is 7.79. The smallest absolute Gasteiger partial charge is 0.250 e. The third kappa shape index (κ3) is 4.43. The Kier molecular flexibility index (Phi) is 6.18. The molecule has 2 rings (SSSR count). The Morgan fingerprint density at radius 3 is 2.68 bits per heavy atom. The molecule has 0 radical (unpaired) electrons. The van der Waals surface area contributed by atoms with Crippen molar-refractivity contribution in [3.05, 3.63) is 29.3 Å². The van der Waals surface area contributed by atoms with E-state index in [4.69, 9.17) is 10.8 Å². The molecule has 6 nitrogen and oxygen atoms in total. The zero-order chi connectivity index (χ0) is 15.9. The van der Waals surface area contributed by atoms with Gasteiger partial charge in [-0.05, 0) is 37.0 Å². The van der Waals surface area contributed by atoms with Gasteiger partial charge in [0, 0.05) is 31.9 Å². The van der Waals surface area contributed by atoms with Gasteiger partial charge in [0.1, 0.15) is 0 Å². The van der Waals surface area contributed by atoms with Gasteiger partial charge in [-0.15, -0.1) is 0 Å². The fourth-order valence-electron chi connectivity index (χ4n) is 2.75. The normalized spacial score (nSPS) is 16.5. The monoisotopic (exact) mass is 307 g/mol. The summed E-state index contributed by atoms with van der Waals surface area (Å²) in [6, 6.07) is 5.73. The number of nitrogens with zero attached hydrogens (tertiary/aromatic N) is 1. The van der Waals surface area contributed by atoms with Crippen LogP contribution >= 0.6 is 0 Å². The molecule has 0 spiro atoms. The van der Waals surface area contributed by atoms with E-state index in [0.29, 0.717) is 18.7 Å². The van der Waals surface area contributed by atoms with Crippen molar-refractivity contribution in [3.8, 4) is 0 Å². The fourth-order valence-corrected chi connectivity index (χ4v) is 2.75. The molecule has 122 valence electrons. The van der Waals surface area contributed by atoms with Gasteiger partial charge in [-0.2, -0.15) is 0 Å². The van der Waals surface area contributed by atoms with Crippen LogP contribution in [-0.4, -0.2) is 48.5 Å². The van der Waals surface area contributed by atoms with Crippen LogP contribution in [0, 0.1) is 0 Å². The van der Waals surface area contributed by atoms with Crippen molar-refractivity contribution in [1.29, 1.82) is 0 Å². The van der Waals surface area contributed by atoms with Gasteiger partial charge in [-0.1, -0.05) is 6.07 Å². The molecule has 0 saturated carbocycles. The first kappa shape index (κ1) is 16.7. The number of nitrogens with two attached hydrogens (primary N) is 1. The molecule has 1 unspecified atom stereocenters. The summed E-state index contributed by atoms with van der Waals surface area (Å²) in [4.78, 5) is 14.0. The summed E-state index contributed by atoms with van der Waals surface area (Å²) in [5, 5.41) is 21.1. The van der Waals surface area contributed by atoms with Crippen molar-refractivity contribution in [3.63, 3.8) is 0 Å². The number of piperidine rings is 1. The van der Waals surface area contributed by atoms with Crippen molar-refractivity contribution >= 4 is 11.6 Å². The SMILES string of the molecule is NC(=O)c1cc(CNCC(O)CO)ccc1N1CCCCC1. The Labute approximate surface area is 130 Å². The number of rotatable bonds is 7. The highest BCUT2D eigenvalue weighted by molar-refractivity contribution is 5.99. The number of nitrogens with one attached hydrogen (secondary N) is 1. The summed E-state index contributed by atoms with van der Waals surface area (Å²) in [5.41, 5.74) is 7.91. The number of carbonyl (C=O) groups is 1. The van der Waals surface area contributed by atoms with Crippen molar-refractivity contribution < 1.29 is 15.0 Å². The first-order chi connectivity index (χ1) is 10.6. The van der Waals surface area contributed by atoms with E-state index < -0.39 is 12.0 Å². The number of aliphatic hydroxyl groups excluding tert-OH is 2. The molecule has 22 heavy (non-hydrogen) atoms. The minimum atomic E-state index is -0.775. The summed E-state index contributed by atoms with van der Waals surface area (Å²) in [6.45, 7) is 2.46. The molecule has 1 aliphatic heterocycles. The van der Waals surface area contributed by atoms with E-state index in [2.05, 4.69) is 10.2 Å². The summed E-state index contributed by atoms with van der Waals surface area (Å²) >= 11 is 0. The van der Waals surface area contributed by atoms with Gasteiger partial charge in [-0.25, -0.2) is 0 Å². The van der Waals surface area contributed by atoms with E-state index in [1.54, 1.807) is 0 Å². The molecule has 0 aromatic heterocycles. The molecule has 0 bridgehead atoms. The lowest BCUT2D eigenvalue weighted by Gasteiger charge is -2.30. The maximum atomic E-state index is 11.7. The van der Waals surface area contributed by atoms with Crippen LogP contribution in [0.1, 0.15) is 35.2 Å². The molecule has 1 aromatic rings. The van der Waals surface area contributed by atoms with Crippen LogP contribution in [0.25, 0.3) is 0 Å². The second-order valence-electron chi connectivity index (χ2n) is 5.73. The van der Waals surface area contributed by atoms with E-state index >= 15 is 0 Å². The minimum Gasteiger partial charge on any atom is -0.394 e. The van der Waals surface area contributed by atoms with Crippen LogP contribution in [0.2, 0.25) is 0 Å². The molecule has 6 heteroatoms. The quantitative estimate of drug-likeness (QED) is 0.577. The molecule has 5 N–H and O–H groups in total. The summed E-state index contributed by atoms with van der Waals surface area (Å²) in [6.07, 6.45) is 2.74. The van der Waals surface area contributed by atoms with Gasteiger partial charge in [0.25, 0.3) is 5.91 Å². The number of amides is 1. The average Bonchev–Trinajstić information content (AvgIpc) is 2.55. The summed E-state index contributed by atoms with van der Waals surface area (Å²) in [5.74, 6) is -0.419. The molecular formula is C16H25N3O3. The third-order valence-electron chi connectivity index (χ3n) is 3.94. The predicted octanol–water partition coefficient (Wildman–Crippen LogP) is 0.219. The molecule has 1 aromatic carbocycles. The molecule has 0 aliphatic carbocycles. The topological polar surface area (TPSA) is 98.8 Å². The van der Waals surface area contributed by atoms with Gasteiger partial charge >= 0.3 is 0 Å². The lowest BCUT2D eigenvalue weighted by Crippen LogP contribution is -2.32. The lowest BCUT2D eigenvalue weighted by molar-refractivity contribution is 0.0942. The van der Waals surface area contributed by atoms with Crippen LogP contribution in [0.3, 0.4) is 0 Å². The molecule has 1 amide bonds. The minimum absolute atomic E-state index is 0.270. The van der Waals surface area contributed by atoms with E-state index in [1.807, 2.05) is 18.2 Å². The van der Waals surface area contributed by atoms with E-state index in [9.17, 15) is 9.90 Å². The van der Waals surface area contributed by atoms with Gasteiger partial charge in [0.15, 0.2) is 0 Å². The highest BCUT2D eigenvalue weighted by atomic mass is 16.3. The van der Waals surface area contributed by atoms with Crippen LogP contribution in [0.5, 0.6) is 0 Å². The number of anilines is 1. The van der Waals surface area contributed by atoms with Crippen LogP contribution < -0.4 is 16.0 Å². The third-order valence-corrected chi connectivity index (χ3v) is 3.94. The summed E-state index contributed by atoms with van der Waals surface area (Å²) < 4.78 is 0. The molecule has 1 atom stereocenters. The van der Waals surface area contributed by atoms with Crippen molar-refractivity contribution in [2.45, 2.75) is 31.9 Å². The highest BCUT2D eigenvalue weighted by Gasteiger charge is 2.17. The number of carbonyl (C=O) groups excluding carboxylic acids is 1. The maximum Gasteiger partial charge on any atom is 0.250 e. The van der Waals surface area contributed by atoms with Crippen molar-refractivity contribution in [2.24, 2.45) is 5.73 Å². The van der Waals surface area contributed by atoms with E-state index in [0.717, 1.165) is 37.2 Å².